The van der Waals surface area contributed by atoms with Gasteiger partial charge in [0, 0.05) is 4.90 Å². The quantitative estimate of drug-likeness (QED) is 0.769. The van der Waals surface area contributed by atoms with Crippen LogP contribution in [0.15, 0.2) is 24.3 Å². The zero-order chi connectivity index (χ0) is 13.2. The van der Waals surface area contributed by atoms with E-state index < -0.39 is 0 Å². The van der Waals surface area contributed by atoms with Gasteiger partial charge >= 0.3 is 0 Å². The van der Waals surface area contributed by atoms with Gasteiger partial charge in [0.2, 0.25) is 6.21 Å². The highest BCUT2D eigenvalue weighted by atomic mass is 16.9. The van der Waals surface area contributed by atoms with Crippen molar-refractivity contribution in [2.24, 2.45) is 5.92 Å². The zero-order valence-corrected chi connectivity index (χ0v) is 11.1. The number of ether oxygens (including phenoxy) is 1. The van der Waals surface area contributed by atoms with E-state index in [0.717, 1.165) is 25.0 Å². The molecule has 1 aliphatic carbocycles. The third-order valence-electron chi connectivity index (χ3n) is 4.24. The van der Waals surface area contributed by atoms with E-state index in [4.69, 9.17) is 9.57 Å². The van der Waals surface area contributed by atoms with E-state index in [9.17, 15) is 5.21 Å². The molecule has 0 unspecified atom stereocenters. The van der Waals surface area contributed by atoms with Crippen molar-refractivity contribution in [2.45, 2.75) is 37.7 Å². The van der Waals surface area contributed by atoms with Crippen LogP contribution in [0.25, 0.3) is 0 Å². The molecule has 102 valence electrons. The van der Waals surface area contributed by atoms with E-state index in [1.807, 2.05) is 24.3 Å². The average molecular weight is 261 g/mol. The normalized spacial score (nSPS) is 29.9. The van der Waals surface area contributed by atoms with Crippen LogP contribution < -0.4 is 4.74 Å². The van der Waals surface area contributed by atoms with Crippen molar-refractivity contribution < 1.29 is 14.5 Å². The van der Waals surface area contributed by atoms with Crippen molar-refractivity contribution in [1.82, 2.24) is 0 Å². The van der Waals surface area contributed by atoms with Crippen LogP contribution in [0, 0.1) is 11.1 Å². The first-order valence-corrected chi connectivity index (χ1v) is 6.90. The number of benzene rings is 1. The molecule has 4 heteroatoms. The van der Waals surface area contributed by atoms with E-state index in [2.05, 4.69) is 0 Å². The Morgan fingerprint density at radius 1 is 1.21 bits per heavy atom. The number of rotatable bonds is 2. The summed E-state index contributed by atoms with van der Waals surface area (Å²) in [5.74, 6) is 1.42. The minimum absolute atomic E-state index is 0.0725. The minimum atomic E-state index is 0.0725. The fourth-order valence-electron chi connectivity index (χ4n) is 3.24. The molecule has 0 amide bonds. The van der Waals surface area contributed by atoms with Gasteiger partial charge in [-0.3, -0.25) is 5.21 Å². The molecule has 1 heterocycles. The Kier molecular flexibility index (Phi) is 3.32. The van der Waals surface area contributed by atoms with Crippen molar-refractivity contribution in [3.63, 3.8) is 0 Å². The fraction of sp³-hybridized carbons (Fsp3) is 0.533. The van der Waals surface area contributed by atoms with Crippen LogP contribution in [0.3, 0.4) is 0 Å². The number of methoxy groups -OCH3 is 1. The first-order chi connectivity index (χ1) is 9.28. The van der Waals surface area contributed by atoms with Crippen LogP contribution in [0.4, 0.5) is 0 Å². The van der Waals surface area contributed by atoms with Gasteiger partial charge in [-0.15, -0.1) is 0 Å². The standard InChI is InChI=1S/C15H19NO3/c1-18-12-8-6-11(7-9-12)14-10-16(17)19-15-5-3-2-4-13(14)15/h6-10,13-15H,2-5H2,1H3/t13-,14-,15-/m1/s1. The van der Waals surface area contributed by atoms with Gasteiger partial charge in [0.05, 0.1) is 19.1 Å². The van der Waals surface area contributed by atoms with Gasteiger partial charge in [-0.2, -0.15) is 0 Å². The van der Waals surface area contributed by atoms with Crippen LogP contribution in [0.2, 0.25) is 0 Å². The topological polar surface area (TPSA) is 44.5 Å². The van der Waals surface area contributed by atoms with Gasteiger partial charge in [-0.1, -0.05) is 25.0 Å². The number of nitrogens with zero attached hydrogens (tertiary/aromatic N) is 1. The Morgan fingerprint density at radius 2 is 1.95 bits per heavy atom. The van der Waals surface area contributed by atoms with Gasteiger partial charge < -0.3 is 9.57 Å². The first-order valence-electron chi connectivity index (χ1n) is 6.90. The molecule has 0 bridgehead atoms. The Morgan fingerprint density at radius 3 is 2.68 bits per heavy atom. The van der Waals surface area contributed by atoms with Gasteiger partial charge in [0.25, 0.3) is 0 Å². The molecule has 0 radical (unpaired) electrons. The molecule has 3 rings (SSSR count). The van der Waals surface area contributed by atoms with Gasteiger partial charge in [-0.25, -0.2) is 0 Å². The smallest absolute Gasteiger partial charge is 0.217 e. The lowest BCUT2D eigenvalue weighted by Crippen LogP contribution is -2.40. The predicted molar refractivity (Wildman–Crippen MR) is 72.3 cm³/mol. The van der Waals surface area contributed by atoms with E-state index >= 15 is 0 Å². The average Bonchev–Trinajstić information content (AvgIpc) is 2.46. The van der Waals surface area contributed by atoms with Crippen molar-refractivity contribution in [3.05, 3.63) is 35.0 Å². The summed E-state index contributed by atoms with van der Waals surface area (Å²) in [4.78, 5) is 6.04. The molecule has 0 aromatic heterocycles. The predicted octanol–water partition coefficient (Wildman–Crippen LogP) is 2.86. The summed E-state index contributed by atoms with van der Waals surface area (Å²) in [6.07, 6.45) is 6.24. The van der Waals surface area contributed by atoms with E-state index in [0.29, 0.717) is 10.8 Å². The molecule has 2 aliphatic rings. The summed E-state index contributed by atoms with van der Waals surface area (Å²) < 4.78 is 5.18. The lowest BCUT2D eigenvalue weighted by molar-refractivity contribution is -0.759. The van der Waals surface area contributed by atoms with E-state index in [1.165, 1.54) is 12.0 Å². The van der Waals surface area contributed by atoms with Crippen molar-refractivity contribution in [1.29, 1.82) is 0 Å². The highest BCUT2D eigenvalue weighted by Crippen LogP contribution is 2.39. The Bertz CT molecular complexity index is 469. The first kappa shape index (κ1) is 12.3. The Hall–Kier alpha value is -1.71. The SMILES string of the molecule is COc1ccc([C@H]2C=[N+]([O-])O[C@@H]3CCCC[C@H]23)cc1. The molecular formula is C15H19NO3. The van der Waals surface area contributed by atoms with Crippen LogP contribution in [-0.2, 0) is 4.84 Å². The number of hydrogen-bond acceptors (Lipinski definition) is 3. The summed E-state index contributed by atoms with van der Waals surface area (Å²) in [7, 11) is 1.66. The molecule has 3 atom stereocenters. The maximum atomic E-state index is 11.6. The second-order valence-electron chi connectivity index (χ2n) is 5.33. The second kappa shape index (κ2) is 5.11. The Balaban J connectivity index is 1.89. The van der Waals surface area contributed by atoms with Crippen molar-refractivity contribution in [2.75, 3.05) is 7.11 Å². The molecule has 1 aliphatic heterocycles. The highest BCUT2D eigenvalue weighted by Gasteiger charge is 2.37. The van der Waals surface area contributed by atoms with E-state index in [1.54, 1.807) is 13.3 Å². The largest absolute Gasteiger partial charge is 0.497 e. The molecule has 4 nitrogen and oxygen atoms in total. The maximum Gasteiger partial charge on any atom is 0.217 e. The zero-order valence-electron chi connectivity index (χ0n) is 11.1. The van der Waals surface area contributed by atoms with Gasteiger partial charge in [0.15, 0.2) is 0 Å². The highest BCUT2D eigenvalue weighted by molar-refractivity contribution is 5.64. The van der Waals surface area contributed by atoms with E-state index in [-0.39, 0.29) is 12.0 Å². The molecule has 1 fully saturated rings. The molecule has 1 saturated carbocycles. The lowest BCUT2D eigenvalue weighted by atomic mass is 9.75. The third kappa shape index (κ3) is 2.39. The summed E-state index contributed by atoms with van der Waals surface area (Å²) in [5, 5.41) is 11.6. The van der Waals surface area contributed by atoms with Gasteiger partial charge in [0.1, 0.15) is 5.75 Å². The molecule has 1 aromatic carbocycles. The van der Waals surface area contributed by atoms with Crippen molar-refractivity contribution >= 4 is 6.21 Å². The van der Waals surface area contributed by atoms with Crippen LogP contribution in [0.1, 0.15) is 37.2 Å². The molecule has 0 N–H and O–H groups in total. The van der Waals surface area contributed by atoms with Crippen molar-refractivity contribution in [3.8, 4) is 5.75 Å². The summed E-state index contributed by atoms with van der Waals surface area (Å²) in [6, 6.07) is 7.99. The summed E-state index contributed by atoms with van der Waals surface area (Å²) in [5.41, 5.74) is 1.17. The molecule has 0 saturated heterocycles. The van der Waals surface area contributed by atoms with Crippen LogP contribution in [0.5, 0.6) is 5.75 Å². The molecule has 19 heavy (non-hydrogen) atoms. The minimum Gasteiger partial charge on any atom is -0.497 e. The number of hydrogen-bond donors (Lipinski definition) is 0. The number of fused-ring (bicyclic) bond motifs is 1. The molecular weight excluding hydrogens is 242 g/mol. The monoisotopic (exact) mass is 261 g/mol. The second-order valence-corrected chi connectivity index (χ2v) is 5.33. The summed E-state index contributed by atoms with van der Waals surface area (Å²) in [6.45, 7) is 0. The van der Waals surface area contributed by atoms with Gasteiger partial charge in [-0.05, 0) is 36.5 Å². The summed E-state index contributed by atoms with van der Waals surface area (Å²) >= 11 is 0. The Labute approximate surface area is 113 Å². The van der Waals surface area contributed by atoms with Crippen LogP contribution in [-0.4, -0.2) is 24.3 Å². The fourth-order valence-corrected chi connectivity index (χ4v) is 3.24. The third-order valence-corrected chi connectivity index (χ3v) is 4.24. The van der Waals surface area contributed by atoms with Crippen LogP contribution >= 0.6 is 0 Å². The molecule has 1 aromatic rings. The lowest BCUT2D eigenvalue weighted by Gasteiger charge is -2.38. The molecule has 0 spiro atoms. The maximum absolute atomic E-state index is 11.6.